The molecule has 0 fully saturated rings. The van der Waals surface area contributed by atoms with E-state index in [9.17, 15) is 4.79 Å². The molecule has 1 aromatic carbocycles. The number of carboxylic acids is 1. The second-order valence-corrected chi connectivity index (χ2v) is 6.07. The van der Waals surface area contributed by atoms with Gasteiger partial charge in [-0.15, -0.1) is 0 Å². The largest absolute Gasteiger partial charge is 0.491 e. The molecule has 0 spiro atoms. The Morgan fingerprint density at radius 1 is 1.04 bits per heavy atom. The molecule has 0 aliphatic heterocycles. The van der Waals surface area contributed by atoms with Crippen LogP contribution in [0.5, 0.6) is 11.6 Å². The minimum absolute atomic E-state index is 0.273. The van der Waals surface area contributed by atoms with Gasteiger partial charge in [0.05, 0.1) is 13.2 Å². The number of hydrogen-bond acceptors (Lipinski definition) is 6. The number of carbonyl (C=O) groups is 1. The van der Waals surface area contributed by atoms with E-state index in [0.717, 1.165) is 23.3 Å². The van der Waals surface area contributed by atoms with Gasteiger partial charge in [-0.3, -0.25) is 0 Å². The Morgan fingerprint density at radius 2 is 1.79 bits per heavy atom. The maximum Gasteiger partial charge on any atom is 0.333 e. The molecule has 28 heavy (non-hydrogen) atoms. The molecule has 1 atom stereocenters. The van der Waals surface area contributed by atoms with Crippen LogP contribution >= 0.6 is 0 Å². The summed E-state index contributed by atoms with van der Waals surface area (Å²) >= 11 is 0. The quantitative estimate of drug-likeness (QED) is 0.527. The third-order valence-electron chi connectivity index (χ3n) is 3.98. The summed E-state index contributed by atoms with van der Waals surface area (Å²) < 4.78 is 21.4. The van der Waals surface area contributed by atoms with Crippen molar-refractivity contribution in [3.8, 4) is 11.6 Å². The fraction of sp³-hybridized carbons (Fsp3) is 0.429. The van der Waals surface area contributed by atoms with Crippen LogP contribution in [0.3, 0.4) is 0 Å². The van der Waals surface area contributed by atoms with Crippen molar-refractivity contribution in [2.24, 2.45) is 0 Å². The van der Waals surface area contributed by atoms with E-state index in [1.54, 1.807) is 26.3 Å². The molecular weight excluding hydrogens is 362 g/mol. The van der Waals surface area contributed by atoms with Gasteiger partial charge in [-0.2, -0.15) is 0 Å². The van der Waals surface area contributed by atoms with Crippen molar-refractivity contribution in [2.45, 2.75) is 25.9 Å². The van der Waals surface area contributed by atoms with Gasteiger partial charge < -0.3 is 24.1 Å². The molecule has 7 nitrogen and oxygen atoms in total. The van der Waals surface area contributed by atoms with Crippen molar-refractivity contribution in [3.05, 3.63) is 53.7 Å². The van der Waals surface area contributed by atoms with Gasteiger partial charge in [0.2, 0.25) is 5.88 Å². The van der Waals surface area contributed by atoms with Crippen LogP contribution in [-0.2, 0) is 27.1 Å². The Hall–Kier alpha value is -2.64. The molecule has 152 valence electrons. The maximum absolute atomic E-state index is 11.1. The molecule has 1 aromatic heterocycles. The molecule has 1 N–H and O–H groups in total. The van der Waals surface area contributed by atoms with Crippen molar-refractivity contribution in [3.63, 3.8) is 0 Å². The fourth-order valence-corrected chi connectivity index (χ4v) is 2.52. The number of pyridine rings is 1. The van der Waals surface area contributed by atoms with Crippen LogP contribution in [0.25, 0.3) is 0 Å². The summed E-state index contributed by atoms with van der Waals surface area (Å²) in [6.07, 6.45) is 1.78. The first-order chi connectivity index (χ1) is 13.6. The van der Waals surface area contributed by atoms with Gasteiger partial charge >= 0.3 is 5.97 Å². The third-order valence-corrected chi connectivity index (χ3v) is 3.98. The number of ether oxygens (including phenoxy) is 4. The average Bonchev–Trinajstić information content (AvgIpc) is 2.70. The first-order valence-corrected chi connectivity index (χ1v) is 9.25. The minimum Gasteiger partial charge on any atom is -0.491 e. The predicted molar refractivity (Wildman–Crippen MR) is 104 cm³/mol. The first-order valence-electron chi connectivity index (χ1n) is 9.25. The number of carboxylic acid groups (broad SMARTS) is 1. The summed E-state index contributed by atoms with van der Waals surface area (Å²) in [5.74, 6) is 0.342. The molecule has 2 aromatic rings. The summed E-state index contributed by atoms with van der Waals surface area (Å²) in [6, 6.07) is 11.4. The molecule has 2 rings (SSSR count). The molecule has 0 saturated carbocycles. The monoisotopic (exact) mass is 389 g/mol. The molecule has 0 aliphatic rings. The Balaban J connectivity index is 1.76. The van der Waals surface area contributed by atoms with Crippen LogP contribution in [0, 0.1) is 0 Å². The number of methoxy groups -OCH3 is 1. The summed E-state index contributed by atoms with van der Waals surface area (Å²) in [5, 5.41) is 9.13. The van der Waals surface area contributed by atoms with Crippen LogP contribution in [0.15, 0.2) is 42.6 Å². The van der Waals surface area contributed by atoms with E-state index in [4.69, 9.17) is 24.1 Å². The van der Waals surface area contributed by atoms with Crippen LogP contribution in [0.4, 0.5) is 0 Å². The van der Waals surface area contributed by atoms with Crippen molar-refractivity contribution in [1.29, 1.82) is 0 Å². The smallest absolute Gasteiger partial charge is 0.333 e. The molecule has 0 saturated heterocycles. The Kier molecular flexibility index (Phi) is 9.24. The predicted octanol–water partition coefficient (Wildman–Crippen LogP) is 2.76. The molecule has 0 aliphatic carbocycles. The minimum atomic E-state index is -0.975. The van der Waals surface area contributed by atoms with E-state index in [1.807, 2.05) is 30.3 Å². The zero-order chi connectivity index (χ0) is 20.2. The number of hydrogen-bond donors (Lipinski definition) is 1. The highest BCUT2D eigenvalue weighted by molar-refractivity contribution is 5.72. The molecular formula is C21H27NO6. The summed E-state index contributed by atoms with van der Waals surface area (Å²) in [4.78, 5) is 15.4. The molecule has 7 heteroatoms. The normalized spacial score (nSPS) is 11.8. The highest BCUT2D eigenvalue weighted by Gasteiger charge is 2.18. The standard InChI is InChI=1S/C21H27NO6/c1-3-26-19(21(23)24)14-17-6-9-20(22-15-17)28-11-10-16-4-7-18(8-5-16)27-13-12-25-2/h4-9,15,19H,3,10-14H2,1-2H3,(H,23,24). The van der Waals surface area contributed by atoms with E-state index in [0.29, 0.717) is 32.3 Å². The Bertz CT molecular complexity index is 702. The number of rotatable bonds is 13. The van der Waals surface area contributed by atoms with Crippen molar-refractivity contribution >= 4 is 5.97 Å². The highest BCUT2D eigenvalue weighted by atomic mass is 16.5. The maximum atomic E-state index is 11.1. The van der Waals surface area contributed by atoms with E-state index in [-0.39, 0.29) is 6.42 Å². The van der Waals surface area contributed by atoms with Crippen LogP contribution in [0.2, 0.25) is 0 Å². The second kappa shape index (κ2) is 11.9. The Morgan fingerprint density at radius 3 is 2.39 bits per heavy atom. The number of benzene rings is 1. The molecule has 0 amide bonds. The van der Waals surface area contributed by atoms with E-state index < -0.39 is 12.1 Å². The van der Waals surface area contributed by atoms with Gasteiger partial charge in [0.25, 0.3) is 0 Å². The lowest BCUT2D eigenvalue weighted by atomic mass is 10.1. The molecule has 0 radical (unpaired) electrons. The first kappa shape index (κ1) is 21.7. The van der Waals surface area contributed by atoms with E-state index in [2.05, 4.69) is 4.98 Å². The SMILES string of the molecule is CCOC(Cc1ccc(OCCc2ccc(OCCOC)cc2)nc1)C(=O)O. The lowest BCUT2D eigenvalue weighted by Gasteiger charge is -2.12. The average molecular weight is 389 g/mol. The van der Waals surface area contributed by atoms with Crippen LogP contribution in [0.1, 0.15) is 18.1 Å². The van der Waals surface area contributed by atoms with Crippen molar-refractivity contribution < 1.29 is 28.8 Å². The van der Waals surface area contributed by atoms with Gasteiger partial charge in [0.15, 0.2) is 6.10 Å². The molecule has 0 bridgehead atoms. The lowest BCUT2D eigenvalue weighted by molar-refractivity contribution is -0.149. The van der Waals surface area contributed by atoms with E-state index >= 15 is 0 Å². The summed E-state index contributed by atoms with van der Waals surface area (Å²) in [6.45, 7) is 3.70. The zero-order valence-corrected chi connectivity index (χ0v) is 16.3. The summed E-state index contributed by atoms with van der Waals surface area (Å²) in [5.41, 5.74) is 1.92. The van der Waals surface area contributed by atoms with E-state index in [1.165, 1.54) is 0 Å². The highest BCUT2D eigenvalue weighted by Crippen LogP contribution is 2.14. The van der Waals surface area contributed by atoms with Crippen LogP contribution in [-0.4, -0.2) is 55.7 Å². The topological polar surface area (TPSA) is 87.1 Å². The lowest BCUT2D eigenvalue weighted by Crippen LogP contribution is -2.26. The Labute approximate surface area is 165 Å². The van der Waals surface area contributed by atoms with Gasteiger partial charge in [0, 0.05) is 38.8 Å². The van der Waals surface area contributed by atoms with Crippen molar-refractivity contribution in [2.75, 3.05) is 33.5 Å². The molecule has 1 heterocycles. The van der Waals surface area contributed by atoms with Gasteiger partial charge in [-0.1, -0.05) is 18.2 Å². The summed E-state index contributed by atoms with van der Waals surface area (Å²) in [7, 11) is 1.64. The number of aromatic nitrogens is 1. The molecule has 1 unspecified atom stereocenters. The third kappa shape index (κ3) is 7.54. The van der Waals surface area contributed by atoms with Crippen molar-refractivity contribution in [1.82, 2.24) is 4.98 Å². The fourth-order valence-electron chi connectivity index (χ4n) is 2.52. The van der Waals surface area contributed by atoms with Gasteiger partial charge in [-0.25, -0.2) is 9.78 Å². The van der Waals surface area contributed by atoms with Gasteiger partial charge in [-0.05, 0) is 30.2 Å². The number of aliphatic carboxylic acids is 1. The zero-order valence-electron chi connectivity index (χ0n) is 16.3. The number of nitrogens with zero attached hydrogens (tertiary/aromatic N) is 1. The van der Waals surface area contributed by atoms with Crippen LogP contribution < -0.4 is 9.47 Å². The van der Waals surface area contributed by atoms with Gasteiger partial charge in [0.1, 0.15) is 12.4 Å². The second-order valence-electron chi connectivity index (χ2n) is 6.07.